The lowest BCUT2D eigenvalue weighted by Crippen LogP contribution is -2.56. The molecule has 5 rings (SSSR count). The molecule has 218 valence electrons. The van der Waals surface area contributed by atoms with Crippen molar-refractivity contribution in [3.05, 3.63) is 121 Å². The number of nitrogens with zero attached hydrogens (tertiary/aromatic N) is 2. The number of amides is 2. The molecule has 0 saturated carbocycles. The second kappa shape index (κ2) is 12.9. The fraction of sp³-hybridized carbons (Fsp3) is 0.121. The molecule has 1 aliphatic heterocycles. The van der Waals surface area contributed by atoms with E-state index in [-0.39, 0.29) is 17.3 Å². The fourth-order valence-electron chi connectivity index (χ4n) is 4.49. The highest BCUT2D eigenvalue weighted by Crippen LogP contribution is 2.39. The maximum Gasteiger partial charge on any atom is 0.270 e. The number of ether oxygens (including phenoxy) is 2. The molecule has 0 bridgehead atoms. The van der Waals surface area contributed by atoms with E-state index < -0.39 is 11.8 Å². The Kier molecular flexibility index (Phi) is 9.22. The molecule has 1 fully saturated rings. The van der Waals surface area contributed by atoms with E-state index in [2.05, 4.69) is 15.9 Å². The smallest absolute Gasteiger partial charge is 0.270 e. The van der Waals surface area contributed by atoms with Gasteiger partial charge in [-0.05, 0) is 102 Å². The normalized spacial score (nSPS) is 13.4. The van der Waals surface area contributed by atoms with E-state index in [9.17, 15) is 9.59 Å². The van der Waals surface area contributed by atoms with Crippen molar-refractivity contribution in [1.29, 1.82) is 0 Å². The third kappa shape index (κ3) is 6.48. The number of rotatable bonds is 7. The zero-order valence-electron chi connectivity index (χ0n) is 23.4. The van der Waals surface area contributed by atoms with Crippen molar-refractivity contribution in [1.82, 2.24) is 0 Å². The molecule has 10 heteroatoms. The Bertz CT molecular complexity index is 1710. The molecule has 0 aliphatic carbocycles. The minimum absolute atomic E-state index is 0.0645. The first-order valence-electron chi connectivity index (χ1n) is 13.1. The van der Waals surface area contributed by atoms with E-state index in [0.717, 1.165) is 16.7 Å². The van der Waals surface area contributed by atoms with Gasteiger partial charge in [-0.2, -0.15) is 0 Å². The van der Waals surface area contributed by atoms with Crippen LogP contribution in [0.25, 0.3) is 6.08 Å². The van der Waals surface area contributed by atoms with Crippen LogP contribution in [0, 0.1) is 13.8 Å². The van der Waals surface area contributed by atoms with Gasteiger partial charge in [0.2, 0.25) is 0 Å². The highest BCUT2D eigenvalue weighted by atomic mass is 79.9. The quantitative estimate of drug-likeness (QED) is 0.110. The van der Waals surface area contributed by atoms with Crippen molar-refractivity contribution in [3.8, 4) is 11.5 Å². The zero-order chi connectivity index (χ0) is 30.8. The number of carbonyl (C=O) groups excluding carboxylic acids is 2. The molecule has 1 aliphatic rings. The summed E-state index contributed by atoms with van der Waals surface area (Å²) >= 11 is 21.6. The summed E-state index contributed by atoms with van der Waals surface area (Å²) in [5, 5.41) is 1.08. The molecule has 6 nitrogen and oxygen atoms in total. The largest absolute Gasteiger partial charge is 0.493 e. The summed E-state index contributed by atoms with van der Waals surface area (Å²) in [6.07, 6.45) is 1.53. The highest BCUT2D eigenvalue weighted by Gasteiger charge is 2.41. The number of aryl methyl sites for hydroxylation is 2. The Hall–Kier alpha value is -3.69. The van der Waals surface area contributed by atoms with Crippen molar-refractivity contribution in [2.75, 3.05) is 16.9 Å². The molecule has 2 amide bonds. The van der Waals surface area contributed by atoms with Crippen LogP contribution in [0.15, 0.2) is 88.9 Å². The average molecular weight is 696 g/mol. The zero-order valence-corrected chi connectivity index (χ0v) is 27.3. The summed E-state index contributed by atoms with van der Waals surface area (Å²) in [6, 6.07) is 23.4. The Labute approximate surface area is 273 Å². The molecule has 43 heavy (non-hydrogen) atoms. The summed E-state index contributed by atoms with van der Waals surface area (Å²) in [6.45, 7) is 4.07. The number of hydrogen-bond acceptors (Lipinski definition) is 5. The van der Waals surface area contributed by atoms with Crippen molar-refractivity contribution in [2.24, 2.45) is 0 Å². The van der Waals surface area contributed by atoms with Gasteiger partial charge in [0.15, 0.2) is 16.6 Å². The Morgan fingerprint density at radius 3 is 1.91 bits per heavy atom. The Balaban J connectivity index is 1.55. The molecule has 1 saturated heterocycles. The number of thiocarbonyl (C=S) groups is 1. The van der Waals surface area contributed by atoms with Crippen LogP contribution < -0.4 is 19.3 Å². The van der Waals surface area contributed by atoms with Gasteiger partial charge >= 0.3 is 0 Å². The SMILES string of the molecule is COc1cc(C=C2C(=O)N(c3ccc(C)cc3)C(=S)N(c3ccc(C)cc3)C2=O)cc(Br)c1OCc1ccc(Cl)cc1Cl. The van der Waals surface area contributed by atoms with Gasteiger partial charge in [0.05, 0.1) is 23.0 Å². The Morgan fingerprint density at radius 2 is 1.40 bits per heavy atom. The first-order chi connectivity index (χ1) is 20.6. The summed E-state index contributed by atoms with van der Waals surface area (Å²) in [5.74, 6) is -0.242. The molecular weight excluding hydrogens is 671 g/mol. The van der Waals surface area contributed by atoms with Crippen LogP contribution in [0.4, 0.5) is 11.4 Å². The van der Waals surface area contributed by atoms with Gasteiger partial charge in [0, 0.05) is 15.6 Å². The van der Waals surface area contributed by atoms with Crippen molar-refractivity contribution in [2.45, 2.75) is 20.5 Å². The molecule has 0 unspecified atom stereocenters. The van der Waals surface area contributed by atoms with Crippen LogP contribution in [-0.2, 0) is 16.2 Å². The van der Waals surface area contributed by atoms with E-state index in [0.29, 0.717) is 43.0 Å². The molecule has 0 aromatic heterocycles. The third-order valence-corrected chi connectivity index (χ3v) is 8.32. The van der Waals surface area contributed by atoms with Crippen LogP contribution >= 0.6 is 51.3 Å². The van der Waals surface area contributed by atoms with Crippen LogP contribution in [0.3, 0.4) is 0 Å². The molecule has 0 atom stereocenters. The van der Waals surface area contributed by atoms with Gasteiger partial charge in [-0.3, -0.25) is 19.4 Å². The van der Waals surface area contributed by atoms with Crippen LogP contribution in [-0.4, -0.2) is 24.0 Å². The number of halogens is 3. The molecule has 0 spiro atoms. The summed E-state index contributed by atoms with van der Waals surface area (Å²) < 4.78 is 12.2. The maximum atomic E-state index is 13.9. The van der Waals surface area contributed by atoms with Gasteiger partial charge in [0.1, 0.15) is 12.2 Å². The number of benzene rings is 4. The lowest BCUT2D eigenvalue weighted by Gasteiger charge is -2.36. The minimum atomic E-state index is -0.532. The summed E-state index contributed by atoms with van der Waals surface area (Å²) in [4.78, 5) is 30.6. The second-order valence-electron chi connectivity index (χ2n) is 9.85. The summed E-state index contributed by atoms with van der Waals surface area (Å²) in [7, 11) is 1.51. The van der Waals surface area contributed by atoms with Crippen LogP contribution in [0.1, 0.15) is 22.3 Å². The van der Waals surface area contributed by atoms with Gasteiger partial charge < -0.3 is 9.47 Å². The van der Waals surface area contributed by atoms with Crippen molar-refractivity contribution >= 4 is 85.7 Å². The summed E-state index contributed by atoms with van der Waals surface area (Å²) in [5.41, 5.74) is 4.38. The van der Waals surface area contributed by atoms with Crippen LogP contribution in [0.2, 0.25) is 10.0 Å². The first kappa shape index (κ1) is 30.8. The van der Waals surface area contributed by atoms with Gasteiger partial charge in [-0.1, -0.05) is 64.7 Å². The van der Waals surface area contributed by atoms with Gasteiger partial charge in [-0.15, -0.1) is 0 Å². The topological polar surface area (TPSA) is 59.1 Å². The third-order valence-electron chi connectivity index (χ3n) is 6.78. The molecule has 0 radical (unpaired) electrons. The predicted octanol–water partition coefficient (Wildman–Crippen LogP) is 8.71. The monoisotopic (exact) mass is 694 g/mol. The lowest BCUT2D eigenvalue weighted by atomic mass is 10.0. The van der Waals surface area contributed by atoms with Gasteiger partial charge in [0.25, 0.3) is 11.8 Å². The van der Waals surface area contributed by atoms with E-state index in [1.165, 1.54) is 23.0 Å². The first-order valence-corrected chi connectivity index (χ1v) is 15.0. The predicted molar refractivity (Wildman–Crippen MR) is 179 cm³/mol. The minimum Gasteiger partial charge on any atom is -0.493 e. The van der Waals surface area contributed by atoms with E-state index in [1.807, 2.05) is 38.1 Å². The highest BCUT2D eigenvalue weighted by molar-refractivity contribution is 9.10. The van der Waals surface area contributed by atoms with Crippen LogP contribution in [0.5, 0.6) is 11.5 Å². The second-order valence-corrected chi connectivity index (χ2v) is 11.9. The number of methoxy groups -OCH3 is 1. The Morgan fingerprint density at radius 1 is 0.837 bits per heavy atom. The number of anilines is 2. The molecule has 0 N–H and O–H groups in total. The fourth-order valence-corrected chi connectivity index (χ4v) is 5.91. The average Bonchev–Trinajstić information content (AvgIpc) is 2.97. The van der Waals surface area contributed by atoms with E-state index in [1.54, 1.807) is 54.6 Å². The van der Waals surface area contributed by atoms with Crippen molar-refractivity contribution < 1.29 is 19.1 Å². The lowest BCUT2D eigenvalue weighted by molar-refractivity contribution is -0.120. The molecule has 1 heterocycles. The van der Waals surface area contributed by atoms with E-state index >= 15 is 0 Å². The van der Waals surface area contributed by atoms with Gasteiger partial charge in [-0.25, -0.2) is 0 Å². The molecule has 4 aromatic carbocycles. The number of hydrogen-bond donors (Lipinski definition) is 0. The maximum absolute atomic E-state index is 13.9. The van der Waals surface area contributed by atoms with E-state index in [4.69, 9.17) is 44.9 Å². The molecule has 4 aromatic rings. The number of carbonyl (C=O) groups is 2. The van der Waals surface area contributed by atoms with Crippen molar-refractivity contribution in [3.63, 3.8) is 0 Å². The standard InChI is InChI=1S/C33H25BrCl2N2O4S/c1-19-4-10-24(11-5-19)37-31(39)26(32(40)38(33(37)43)25-12-6-20(2)7-13-25)14-21-15-27(34)30(29(16-21)41-3)42-18-22-8-9-23(35)17-28(22)36/h4-17H,18H2,1-3H3. The molecular formula is C33H25BrCl2N2O4S.